The first-order chi connectivity index (χ1) is 10.4. The third-order valence-corrected chi connectivity index (χ3v) is 4.78. The van der Waals surface area contributed by atoms with Gasteiger partial charge in [-0.15, -0.1) is 6.58 Å². The van der Waals surface area contributed by atoms with E-state index in [0.29, 0.717) is 24.8 Å². The lowest BCUT2D eigenvalue weighted by Gasteiger charge is -2.24. The Kier molecular flexibility index (Phi) is 3.83. The van der Waals surface area contributed by atoms with E-state index in [-0.39, 0.29) is 11.8 Å². The van der Waals surface area contributed by atoms with Gasteiger partial charge in [-0.05, 0) is 39.0 Å². The Hall–Kier alpha value is -1.65. The van der Waals surface area contributed by atoms with Crippen molar-refractivity contribution < 1.29 is 9.59 Å². The number of carbonyl (C=O) groups is 2. The maximum Gasteiger partial charge on any atom is 0.255 e. The van der Waals surface area contributed by atoms with Gasteiger partial charge in [0, 0.05) is 32.0 Å². The van der Waals surface area contributed by atoms with Crippen LogP contribution in [0.3, 0.4) is 0 Å². The van der Waals surface area contributed by atoms with Gasteiger partial charge in [-0.25, -0.2) is 0 Å². The summed E-state index contributed by atoms with van der Waals surface area (Å²) in [6.45, 7) is 9.75. The SMILES string of the molecule is C=CCC1=NC(C)(C)C(=O)N1C[C@@H]1CCN(C(=O)C2CC2)C1. The summed E-state index contributed by atoms with van der Waals surface area (Å²) >= 11 is 0. The van der Waals surface area contributed by atoms with Gasteiger partial charge in [0.15, 0.2) is 0 Å². The van der Waals surface area contributed by atoms with Crippen LogP contribution in [0.1, 0.15) is 39.5 Å². The van der Waals surface area contributed by atoms with Crippen LogP contribution in [0.2, 0.25) is 0 Å². The minimum Gasteiger partial charge on any atom is -0.342 e. The predicted octanol–water partition coefficient (Wildman–Crippen LogP) is 1.84. The number of aliphatic imine (C=N–C) groups is 1. The van der Waals surface area contributed by atoms with Gasteiger partial charge >= 0.3 is 0 Å². The molecule has 1 aliphatic carbocycles. The third-order valence-electron chi connectivity index (χ3n) is 4.78. The fourth-order valence-electron chi connectivity index (χ4n) is 3.38. The number of likely N-dealkylation sites (tertiary alicyclic amines) is 1. The van der Waals surface area contributed by atoms with Crippen molar-refractivity contribution in [1.82, 2.24) is 9.80 Å². The summed E-state index contributed by atoms with van der Waals surface area (Å²) < 4.78 is 0. The van der Waals surface area contributed by atoms with E-state index in [1.54, 1.807) is 6.08 Å². The maximum atomic E-state index is 12.5. The number of rotatable bonds is 5. The van der Waals surface area contributed by atoms with Gasteiger partial charge in [0.2, 0.25) is 5.91 Å². The summed E-state index contributed by atoms with van der Waals surface area (Å²) in [5.74, 6) is 1.84. The number of nitrogens with zero attached hydrogens (tertiary/aromatic N) is 3. The zero-order chi connectivity index (χ0) is 15.9. The highest BCUT2D eigenvalue weighted by atomic mass is 16.2. The molecule has 0 unspecified atom stereocenters. The first-order valence-electron chi connectivity index (χ1n) is 8.22. The third kappa shape index (κ3) is 2.81. The first-order valence-corrected chi connectivity index (χ1v) is 8.22. The van der Waals surface area contributed by atoms with Crippen LogP contribution in [0.5, 0.6) is 0 Å². The normalized spacial score (nSPS) is 27.3. The number of carbonyl (C=O) groups excluding carboxylic acids is 2. The number of hydrogen-bond donors (Lipinski definition) is 0. The highest BCUT2D eigenvalue weighted by molar-refractivity contribution is 6.08. The van der Waals surface area contributed by atoms with E-state index in [9.17, 15) is 9.59 Å². The summed E-state index contributed by atoms with van der Waals surface area (Å²) in [6, 6.07) is 0. The van der Waals surface area contributed by atoms with Crippen LogP contribution in [-0.2, 0) is 9.59 Å². The van der Waals surface area contributed by atoms with Crippen molar-refractivity contribution in [1.29, 1.82) is 0 Å². The van der Waals surface area contributed by atoms with Crippen molar-refractivity contribution in [3.8, 4) is 0 Å². The summed E-state index contributed by atoms with van der Waals surface area (Å²) in [4.78, 5) is 33.0. The van der Waals surface area contributed by atoms with Crippen LogP contribution in [0.15, 0.2) is 17.6 Å². The van der Waals surface area contributed by atoms with E-state index >= 15 is 0 Å². The highest BCUT2D eigenvalue weighted by Crippen LogP contribution is 2.33. The molecule has 1 saturated heterocycles. The molecule has 0 aromatic rings. The van der Waals surface area contributed by atoms with Crippen LogP contribution in [-0.4, -0.2) is 52.6 Å². The molecule has 5 nitrogen and oxygen atoms in total. The first kappa shape index (κ1) is 15.3. The van der Waals surface area contributed by atoms with Crippen LogP contribution >= 0.6 is 0 Å². The van der Waals surface area contributed by atoms with Gasteiger partial charge < -0.3 is 4.90 Å². The smallest absolute Gasteiger partial charge is 0.255 e. The Labute approximate surface area is 132 Å². The maximum absolute atomic E-state index is 12.5. The van der Waals surface area contributed by atoms with E-state index < -0.39 is 5.54 Å². The predicted molar refractivity (Wildman–Crippen MR) is 85.5 cm³/mol. The number of hydrogen-bond acceptors (Lipinski definition) is 3. The number of amides is 2. The molecule has 0 aromatic heterocycles. The van der Waals surface area contributed by atoms with Crippen molar-refractivity contribution in [2.75, 3.05) is 19.6 Å². The van der Waals surface area contributed by atoms with Crippen molar-refractivity contribution >= 4 is 17.6 Å². The topological polar surface area (TPSA) is 53.0 Å². The van der Waals surface area contributed by atoms with Gasteiger partial charge in [0.1, 0.15) is 11.4 Å². The van der Waals surface area contributed by atoms with Gasteiger partial charge in [-0.3, -0.25) is 19.5 Å². The van der Waals surface area contributed by atoms with Crippen LogP contribution in [0.4, 0.5) is 0 Å². The van der Waals surface area contributed by atoms with E-state index in [4.69, 9.17) is 0 Å². The summed E-state index contributed by atoms with van der Waals surface area (Å²) in [7, 11) is 0. The van der Waals surface area contributed by atoms with Crippen LogP contribution in [0.25, 0.3) is 0 Å². The molecule has 3 rings (SSSR count). The molecule has 2 amide bonds. The molecule has 2 aliphatic heterocycles. The quantitative estimate of drug-likeness (QED) is 0.728. The minimum atomic E-state index is -0.666. The van der Waals surface area contributed by atoms with Crippen molar-refractivity contribution in [3.63, 3.8) is 0 Å². The summed E-state index contributed by atoms with van der Waals surface area (Å²) in [5, 5.41) is 0. The van der Waals surface area contributed by atoms with E-state index in [0.717, 1.165) is 38.2 Å². The largest absolute Gasteiger partial charge is 0.342 e. The Morgan fingerprint density at radius 1 is 1.41 bits per heavy atom. The second-order valence-electron chi connectivity index (χ2n) is 7.21. The molecule has 0 N–H and O–H groups in total. The van der Waals surface area contributed by atoms with Crippen LogP contribution < -0.4 is 0 Å². The highest BCUT2D eigenvalue weighted by Gasteiger charge is 2.42. The molecule has 1 atom stereocenters. The Morgan fingerprint density at radius 2 is 2.14 bits per heavy atom. The minimum absolute atomic E-state index is 0.0660. The lowest BCUT2D eigenvalue weighted by atomic mass is 10.0. The second-order valence-corrected chi connectivity index (χ2v) is 7.21. The van der Waals surface area contributed by atoms with E-state index in [1.807, 2.05) is 23.6 Å². The van der Waals surface area contributed by atoms with E-state index in [1.165, 1.54) is 0 Å². The Morgan fingerprint density at radius 3 is 2.77 bits per heavy atom. The molecular weight excluding hydrogens is 278 g/mol. The molecule has 2 heterocycles. The monoisotopic (exact) mass is 303 g/mol. The van der Waals surface area contributed by atoms with Gasteiger partial charge in [-0.1, -0.05) is 6.08 Å². The van der Waals surface area contributed by atoms with Crippen LogP contribution in [0, 0.1) is 11.8 Å². The second kappa shape index (κ2) is 5.52. The van der Waals surface area contributed by atoms with Gasteiger partial charge in [0.25, 0.3) is 5.91 Å². The average molecular weight is 303 g/mol. The molecule has 2 fully saturated rings. The molecule has 0 radical (unpaired) electrons. The van der Waals surface area contributed by atoms with E-state index in [2.05, 4.69) is 11.6 Å². The number of amidine groups is 1. The standard InChI is InChI=1S/C17H25N3O2/c1-4-5-14-18-17(2,3)16(22)20(14)11-12-8-9-19(10-12)15(21)13-6-7-13/h4,12-13H,1,5-11H2,2-3H3/t12-/m1/s1. The summed E-state index contributed by atoms with van der Waals surface area (Å²) in [6.07, 6.45) is 5.48. The Bertz CT molecular complexity index is 534. The molecule has 0 aromatic carbocycles. The summed E-state index contributed by atoms with van der Waals surface area (Å²) in [5.41, 5.74) is -0.666. The molecule has 22 heavy (non-hydrogen) atoms. The molecular formula is C17H25N3O2. The molecule has 0 bridgehead atoms. The zero-order valence-corrected chi connectivity index (χ0v) is 13.5. The fourth-order valence-corrected chi connectivity index (χ4v) is 3.38. The average Bonchev–Trinajstić information content (AvgIpc) is 3.17. The van der Waals surface area contributed by atoms with Crippen molar-refractivity contribution in [2.45, 2.75) is 45.1 Å². The molecule has 0 spiro atoms. The lowest BCUT2D eigenvalue weighted by Crippen LogP contribution is -2.42. The Balaban J connectivity index is 1.62. The molecule has 1 saturated carbocycles. The lowest BCUT2D eigenvalue weighted by molar-refractivity contribution is -0.131. The zero-order valence-electron chi connectivity index (χ0n) is 13.5. The van der Waals surface area contributed by atoms with Crippen molar-refractivity contribution in [3.05, 3.63) is 12.7 Å². The van der Waals surface area contributed by atoms with Crippen molar-refractivity contribution in [2.24, 2.45) is 16.8 Å². The molecule has 3 aliphatic rings. The van der Waals surface area contributed by atoms with Gasteiger partial charge in [-0.2, -0.15) is 0 Å². The molecule has 5 heteroatoms. The molecule has 120 valence electrons. The van der Waals surface area contributed by atoms with Gasteiger partial charge in [0.05, 0.1) is 0 Å². The fraction of sp³-hybridized carbons (Fsp3) is 0.706.